The molecule has 1 N–H and O–H groups in total. The second-order valence-electron chi connectivity index (χ2n) is 2.32. The van der Waals surface area contributed by atoms with E-state index < -0.39 is 18.1 Å². The topological polar surface area (TPSA) is 37.3 Å². The third-order valence-electron chi connectivity index (χ3n) is 1.60. The first kappa shape index (κ1) is 7.85. The van der Waals surface area contributed by atoms with Gasteiger partial charge in [0.25, 0.3) is 0 Å². The van der Waals surface area contributed by atoms with Gasteiger partial charge in [-0.05, 0) is 12.2 Å². The molecule has 58 valence electrons. The Kier molecular flexibility index (Phi) is 2.54. The first-order valence-corrected chi connectivity index (χ1v) is 4.32. The van der Waals surface area contributed by atoms with Gasteiger partial charge in [-0.25, -0.2) is 4.39 Å². The van der Waals surface area contributed by atoms with Crippen LogP contribution in [-0.4, -0.2) is 28.8 Å². The maximum atomic E-state index is 12.7. The number of carbonyl (C=O) groups is 1. The fourth-order valence-corrected chi connectivity index (χ4v) is 2.03. The van der Waals surface area contributed by atoms with Crippen LogP contribution in [0.1, 0.15) is 6.42 Å². The fourth-order valence-electron chi connectivity index (χ4n) is 0.981. The van der Waals surface area contributed by atoms with Gasteiger partial charge in [0, 0.05) is 5.75 Å². The van der Waals surface area contributed by atoms with E-state index in [1.54, 1.807) is 0 Å². The summed E-state index contributed by atoms with van der Waals surface area (Å²) >= 11 is 1.49. The summed E-state index contributed by atoms with van der Waals surface area (Å²) in [5, 5.41) is 8.46. The van der Waals surface area contributed by atoms with Crippen LogP contribution in [0, 0.1) is 5.92 Å². The minimum atomic E-state index is -1.14. The molecule has 1 heterocycles. The van der Waals surface area contributed by atoms with Crippen molar-refractivity contribution in [3.8, 4) is 0 Å². The van der Waals surface area contributed by atoms with E-state index in [0.717, 1.165) is 5.75 Å². The van der Waals surface area contributed by atoms with Crippen LogP contribution in [0.4, 0.5) is 4.39 Å². The van der Waals surface area contributed by atoms with Gasteiger partial charge in [-0.1, -0.05) is 0 Å². The van der Waals surface area contributed by atoms with Crippen molar-refractivity contribution < 1.29 is 14.3 Å². The molecule has 0 spiro atoms. The van der Waals surface area contributed by atoms with Crippen molar-refractivity contribution in [2.45, 2.75) is 12.6 Å². The summed E-state index contributed by atoms with van der Waals surface area (Å²) in [5.41, 5.74) is 0. The molecule has 0 amide bonds. The summed E-state index contributed by atoms with van der Waals surface area (Å²) in [4.78, 5) is 10.3. The van der Waals surface area contributed by atoms with Gasteiger partial charge in [-0.2, -0.15) is 11.8 Å². The van der Waals surface area contributed by atoms with E-state index in [9.17, 15) is 9.18 Å². The Morgan fingerprint density at radius 3 is 2.80 bits per heavy atom. The van der Waals surface area contributed by atoms with Crippen molar-refractivity contribution in [3.05, 3.63) is 0 Å². The van der Waals surface area contributed by atoms with E-state index >= 15 is 0 Å². The standard InChI is InChI=1S/C6H9FO2S/c7-5-3-10-2-1-4(5)6(8)9/h4-5H,1-3H2,(H,8,9). The smallest absolute Gasteiger partial charge is 0.309 e. The molecule has 0 aromatic heterocycles. The number of hydrogen-bond acceptors (Lipinski definition) is 2. The van der Waals surface area contributed by atoms with Crippen molar-refractivity contribution in [1.82, 2.24) is 0 Å². The molecular weight excluding hydrogens is 155 g/mol. The second-order valence-corrected chi connectivity index (χ2v) is 3.47. The number of hydrogen-bond donors (Lipinski definition) is 1. The van der Waals surface area contributed by atoms with Gasteiger partial charge >= 0.3 is 5.97 Å². The number of thioether (sulfide) groups is 1. The van der Waals surface area contributed by atoms with Crippen LogP contribution in [0.5, 0.6) is 0 Å². The molecule has 0 radical (unpaired) electrons. The van der Waals surface area contributed by atoms with Crippen molar-refractivity contribution in [3.63, 3.8) is 0 Å². The normalized spacial score (nSPS) is 33.7. The third kappa shape index (κ3) is 1.62. The van der Waals surface area contributed by atoms with Gasteiger partial charge in [0.05, 0.1) is 5.92 Å². The highest BCUT2D eigenvalue weighted by Gasteiger charge is 2.30. The molecule has 1 saturated heterocycles. The molecule has 0 aromatic rings. The lowest BCUT2D eigenvalue weighted by molar-refractivity contribution is -0.143. The Bertz CT molecular complexity index is 140. The largest absolute Gasteiger partial charge is 0.481 e. The Balaban J connectivity index is 2.47. The predicted octanol–water partition coefficient (Wildman–Crippen LogP) is 1.16. The van der Waals surface area contributed by atoms with Gasteiger partial charge < -0.3 is 5.11 Å². The van der Waals surface area contributed by atoms with Crippen LogP contribution in [0.15, 0.2) is 0 Å². The highest BCUT2D eigenvalue weighted by atomic mass is 32.2. The maximum absolute atomic E-state index is 12.7. The maximum Gasteiger partial charge on any atom is 0.309 e. The van der Waals surface area contributed by atoms with Gasteiger partial charge in [-0.3, -0.25) is 4.79 Å². The quantitative estimate of drug-likeness (QED) is 0.632. The van der Waals surface area contributed by atoms with Crippen molar-refractivity contribution in [1.29, 1.82) is 0 Å². The zero-order chi connectivity index (χ0) is 7.56. The molecule has 1 aliphatic heterocycles. The van der Waals surface area contributed by atoms with Crippen LogP contribution in [0.25, 0.3) is 0 Å². The highest BCUT2D eigenvalue weighted by molar-refractivity contribution is 7.99. The molecule has 2 unspecified atom stereocenters. The van der Waals surface area contributed by atoms with Crippen LogP contribution in [0.3, 0.4) is 0 Å². The minimum absolute atomic E-state index is 0.344. The summed E-state index contributed by atoms with van der Waals surface area (Å²) in [6, 6.07) is 0. The van der Waals surface area contributed by atoms with Crippen LogP contribution in [-0.2, 0) is 4.79 Å². The Morgan fingerprint density at radius 1 is 1.70 bits per heavy atom. The number of halogens is 1. The molecule has 0 aromatic carbocycles. The average Bonchev–Trinajstić information content (AvgIpc) is 1.88. The van der Waals surface area contributed by atoms with E-state index in [-0.39, 0.29) is 0 Å². The molecule has 2 atom stereocenters. The van der Waals surface area contributed by atoms with Gasteiger partial charge in [-0.15, -0.1) is 0 Å². The lowest BCUT2D eigenvalue weighted by atomic mass is 10.0. The van der Waals surface area contributed by atoms with Gasteiger partial charge in [0.2, 0.25) is 0 Å². The summed E-state index contributed by atoms with van der Waals surface area (Å²) in [6.45, 7) is 0. The lowest BCUT2D eigenvalue weighted by Gasteiger charge is -2.21. The van der Waals surface area contributed by atoms with Gasteiger partial charge in [0.15, 0.2) is 0 Å². The van der Waals surface area contributed by atoms with Gasteiger partial charge in [0.1, 0.15) is 6.17 Å². The van der Waals surface area contributed by atoms with Crippen molar-refractivity contribution >= 4 is 17.7 Å². The van der Waals surface area contributed by atoms with E-state index in [4.69, 9.17) is 5.11 Å². The summed E-state index contributed by atoms with van der Waals surface area (Å²) in [5.74, 6) is -0.622. The Labute approximate surface area is 62.8 Å². The molecule has 1 rings (SSSR count). The average molecular weight is 164 g/mol. The number of alkyl halides is 1. The zero-order valence-corrected chi connectivity index (χ0v) is 6.23. The summed E-state index contributed by atoms with van der Waals surface area (Å²) in [7, 11) is 0. The monoisotopic (exact) mass is 164 g/mol. The molecule has 0 aliphatic carbocycles. The number of rotatable bonds is 1. The summed E-state index contributed by atoms with van der Waals surface area (Å²) in [6.07, 6.45) is -0.669. The molecule has 1 aliphatic rings. The first-order chi connectivity index (χ1) is 4.72. The van der Waals surface area contributed by atoms with Crippen LogP contribution in [0.2, 0.25) is 0 Å². The fraction of sp³-hybridized carbons (Fsp3) is 0.833. The SMILES string of the molecule is O=C(O)C1CCSCC1F. The molecule has 1 fully saturated rings. The molecular formula is C6H9FO2S. The minimum Gasteiger partial charge on any atom is -0.481 e. The Morgan fingerprint density at radius 2 is 2.40 bits per heavy atom. The molecule has 2 nitrogen and oxygen atoms in total. The highest BCUT2D eigenvalue weighted by Crippen LogP contribution is 2.25. The number of carboxylic acids is 1. The van der Waals surface area contributed by atoms with E-state index in [1.165, 1.54) is 11.8 Å². The zero-order valence-electron chi connectivity index (χ0n) is 5.42. The predicted molar refractivity (Wildman–Crippen MR) is 38.0 cm³/mol. The molecule has 10 heavy (non-hydrogen) atoms. The van der Waals surface area contributed by atoms with Crippen molar-refractivity contribution in [2.75, 3.05) is 11.5 Å². The summed E-state index contributed by atoms with van der Waals surface area (Å²) < 4.78 is 12.7. The van der Waals surface area contributed by atoms with Crippen LogP contribution < -0.4 is 0 Å². The molecule has 0 bridgehead atoms. The lowest BCUT2D eigenvalue weighted by Crippen LogP contribution is -2.30. The molecule has 4 heteroatoms. The van der Waals surface area contributed by atoms with E-state index in [2.05, 4.69) is 0 Å². The first-order valence-electron chi connectivity index (χ1n) is 3.16. The number of aliphatic carboxylic acids is 1. The van der Waals surface area contributed by atoms with Crippen molar-refractivity contribution in [2.24, 2.45) is 5.92 Å². The van der Waals surface area contributed by atoms with Crippen LogP contribution >= 0.6 is 11.8 Å². The third-order valence-corrected chi connectivity index (χ3v) is 2.68. The Hall–Kier alpha value is -0.250. The molecule has 0 saturated carbocycles. The second kappa shape index (κ2) is 3.23. The number of carboxylic acid groups (broad SMARTS) is 1. The van der Waals surface area contributed by atoms with E-state index in [0.29, 0.717) is 12.2 Å². The van der Waals surface area contributed by atoms with E-state index in [1.807, 2.05) is 0 Å².